The van der Waals surface area contributed by atoms with Crippen LogP contribution in [0.5, 0.6) is 0 Å². The lowest BCUT2D eigenvalue weighted by molar-refractivity contribution is -0.196. The van der Waals surface area contributed by atoms with Gasteiger partial charge in [-0.15, -0.1) is 0 Å². The summed E-state index contributed by atoms with van der Waals surface area (Å²) in [5.74, 6) is 0.00842. The number of hydrogen-bond donors (Lipinski definition) is 1. The Labute approximate surface area is 203 Å². The number of fused-ring (bicyclic) bond motifs is 1. The van der Waals surface area contributed by atoms with E-state index in [-0.39, 0.29) is 36.3 Å². The Morgan fingerprint density at radius 3 is 2.44 bits per heavy atom. The Bertz CT molecular complexity index is 872. The van der Waals surface area contributed by atoms with Crippen LogP contribution in [-0.2, 0) is 16.1 Å². The molecule has 2 aliphatic heterocycles. The van der Waals surface area contributed by atoms with E-state index in [4.69, 9.17) is 0 Å². The third kappa shape index (κ3) is 4.78. The average Bonchev–Trinajstić information content (AvgIpc) is 2.87. The van der Waals surface area contributed by atoms with Gasteiger partial charge in [0.1, 0.15) is 12.2 Å². The van der Waals surface area contributed by atoms with Gasteiger partial charge in [0.15, 0.2) is 0 Å². The molecule has 1 saturated carbocycles. The molecule has 3 fully saturated rings. The summed E-state index contributed by atoms with van der Waals surface area (Å²) in [7, 11) is 0. The van der Waals surface area contributed by atoms with Crippen LogP contribution in [0.4, 0.5) is 4.79 Å². The maximum absolute atomic E-state index is 13.8. The molecule has 8 nitrogen and oxygen atoms in total. The smallest absolute Gasteiger partial charge is 0.334 e. The molecule has 3 aliphatic rings. The third-order valence-electron chi connectivity index (χ3n) is 7.77. The summed E-state index contributed by atoms with van der Waals surface area (Å²) in [6.45, 7) is 7.49. The van der Waals surface area contributed by atoms with Gasteiger partial charge < -0.3 is 15.1 Å². The van der Waals surface area contributed by atoms with Crippen LogP contribution in [-0.4, -0.2) is 75.5 Å². The number of carbonyl (C=O) groups is 3. The largest absolute Gasteiger partial charge is 0.334 e. The molecule has 1 unspecified atom stereocenters. The van der Waals surface area contributed by atoms with Gasteiger partial charge in [-0.05, 0) is 24.3 Å². The number of hydrogen-bond acceptors (Lipinski definition) is 4. The van der Waals surface area contributed by atoms with Crippen molar-refractivity contribution in [2.75, 3.05) is 19.6 Å². The molecular formula is C26H39N5O3. The van der Waals surface area contributed by atoms with Crippen molar-refractivity contribution in [1.82, 2.24) is 25.1 Å². The highest BCUT2D eigenvalue weighted by molar-refractivity contribution is 5.91. The Morgan fingerprint density at radius 2 is 1.79 bits per heavy atom. The van der Waals surface area contributed by atoms with Gasteiger partial charge in [-0.1, -0.05) is 76.8 Å². The van der Waals surface area contributed by atoms with Crippen molar-refractivity contribution in [3.63, 3.8) is 0 Å². The first kappa shape index (κ1) is 24.5. The van der Waals surface area contributed by atoms with Gasteiger partial charge in [-0.2, -0.15) is 0 Å². The van der Waals surface area contributed by atoms with Gasteiger partial charge in [0.25, 0.3) is 0 Å². The SMILES string of the molecule is CCC(C)[C@H]1C(=O)N(C2CCCCC2)C[C@H]2N1C(=O)CN(CC)N2C(=O)NCc1ccccc1. The summed E-state index contributed by atoms with van der Waals surface area (Å²) in [6.07, 6.45) is 5.75. The number of nitrogens with zero attached hydrogens (tertiary/aromatic N) is 4. The molecule has 34 heavy (non-hydrogen) atoms. The van der Waals surface area contributed by atoms with Crippen molar-refractivity contribution in [2.24, 2.45) is 5.92 Å². The number of piperazine rings is 1. The Hall–Kier alpha value is -2.61. The van der Waals surface area contributed by atoms with Crippen molar-refractivity contribution in [3.8, 4) is 0 Å². The molecular weight excluding hydrogens is 430 g/mol. The molecule has 1 aromatic carbocycles. The Kier molecular flexibility index (Phi) is 7.76. The predicted molar refractivity (Wildman–Crippen MR) is 130 cm³/mol. The molecule has 0 radical (unpaired) electrons. The zero-order valence-corrected chi connectivity index (χ0v) is 20.8. The summed E-state index contributed by atoms with van der Waals surface area (Å²) in [5, 5.41) is 6.58. The predicted octanol–water partition coefficient (Wildman–Crippen LogP) is 3.19. The van der Waals surface area contributed by atoms with Crippen molar-refractivity contribution in [1.29, 1.82) is 0 Å². The minimum absolute atomic E-state index is 0.0211. The standard InChI is InChI=1S/C26H39N5O3/c1-4-19(3)24-25(33)29(21-14-10-7-11-15-21)17-22-30(24)23(32)18-28(5-2)31(22)26(34)27-16-20-12-8-6-9-13-20/h6,8-9,12-13,19,21-22,24H,4-5,7,10-11,14-18H2,1-3H3,(H,27,34)/t19?,22-,24-/m0/s1. The number of hydrazine groups is 1. The molecule has 186 valence electrons. The van der Waals surface area contributed by atoms with Crippen molar-refractivity contribution in [3.05, 3.63) is 35.9 Å². The fourth-order valence-corrected chi connectivity index (χ4v) is 5.69. The summed E-state index contributed by atoms with van der Waals surface area (Å²) in [6, 6.07) is 9.25. The summed E-state index contributed by atoms with van der Waals surface area (Å²) >= 11 is 0. The van der Waals surface area contributed by atoms with Crippen LogP contribution < -0.4 is 5.32 Å². The first-order valence-corrected chi connectivity index (χ1v) is 12.9. The van der Waals surface area contributed by atoms with Crippen molar-refractivity contribution >= 4 is 17.8 Å². The second-order valence-corrected chi connectivity index (χ2v) is 9.86. The molecule has 1 aliphatic carbocycles. The molecule has 1 N–H and O–H groups in total. The number of benzene rings is 1. The van der Waals surface area contributed by atoms with Crippen LogP contribution >= 0.6 is 0 Å². The maximum Gasteiger partial charge on any atom is 0.334 e. The minimum atomic E-state index is -0.526. The highest BCUT2D eigenvalue weighted by atomic mass is 16.2. The van der Waals surface area contributed by atoms with E-state index in [0.29, 0.717) is 19.6 Å². The van der Waals surface area contributed by atoms with E-state index in [9.17, 15) is 14.4 Å². The van der Waals surface area contributed by atoms with Crippen LogP contribution in [0.2, 0.25) is 0 Å². The molecule has 0 spiro atoms. The number of likely N-dealkylation sites (N-methyl/N-ethyl adjacent to an activating group) is 1. The highest BCUT2D eigenvalue weighted by Crippen LogP contribution is 2.34. The van der Waals surface area contributed by atoms with E-state index in [1.165, 1.54) is 6.42 Å². The first-order valence-electron chi connectivity index (χ1n) is 12.9. The monoisotopic (exact) mass is 469 g/mol. The molecule has 4 rings (SSSR count). The van der Waals surface area contributed by atoms with E-state index < -0.39 is 12.2 Å². The Balaban J connectivity index is 1.64. The second-order valence-electron chi connectivity index (χ2n) is 9.86. The lowest BCUT2D eigenvalue weighted by atomic mass is 9.88. The molecule has 0 aromatic heterocycles. The summed E-state index contributed by atoms with van der Waals surface area (Å²) in [4.78, 5) is 44.4. The van der Waals surface area contributed by atoms with Crippen LogP contribution in [0.1, 0.15) is 64.9 Å². The fraction of sp³-hybridized carbons (Fsp3) is 0.654. The van der Waals surface area contributed by atoms with Gasteiger partial charge in [-0.3, -0.25) is 9.59 Å². The zero-order chi connectivity index (χ0) is 24.2. The van der Waals surface area contributed by atoms with Crippen LogP contribution in [0.25, 0.3) is 0 Å². The molecule has 2 heterocycles. The van der Waals surface area contributed by atoms with E-state index >= 15 is 0 Å². The molecule has 4 amide bonds. The normalized spacial score (nSPS) is 25.3. The van der Waals surface area contributed by atoms with Crippen molar-refractivity contribution < 1.29 is 14.4 Å². The molecule has 0 bridgehead atoms. The highest BCUT2D eigenvalue weighted by Gasteiger charge is 2.53. The number of carbonyl (C=O) groups excluding carboxylic acids is 3. The number of rotatable bonds is 6. The molecule has 8 heteroatoms. The van der Waals surface area contributed by atoms with Crippen LogP contribution in [0.3, 0.4) is 0 Å². The minimum Gasteiger partial charge on any atom is -0.334 e. The number of urea groups is 1. The average molecular weight is 470 g/mol. The van der Waals surface area contributed by atoms with Gasteiger partial charge in [0, 0.05) is 19.1 Å². The summed E-state index contributed by atoms with van der Waals surface area (Å²) in [5.41, 5.74) is 1.02. The van der Waals surface area contributed by atoms with E-state index in [1.807, 2.05) is 54.1 Å². The van der Waals surface area contributed by atoms with E-state index in [2.05, 4.69) is 12.2 Å². The van der Waals surface area contributed by atoms with E-state index in [1.54, 1.807) is 9.91 Å². The number of nitrogens with one attached hydrogen (secondary N) is 1. The van der Waals surface area contributed by atoms with Crippen molar-refractivity contribution in [2.45, 2.75) is 84.1 Å². The fourth-order valence-electron chi connectivity index (χ4n) is 5.69. The lowest BCUT2D eigenvalue weighted by Gasteiger charge is -2.57. The topological polar surface area (TPSA) is 76.2 Å². The number of amides is 4. The first-order chi connectivity index (χ1) is 16.5. The van der Waals surface area contributed by atoms with E-state index in [0.717, 1.165) is 37.7 Å². The van der Waals surface area contributed by atoms with Gasteiger partial charge >= 0.3 is 6.03 Å². The molecule has 2 saturated heterocycles. The third-order valence-corrected chi connectivity index (χ3v) is 7.77. The molecule has 3 atom stereocenters. The van der Waals surface area contributed by atoms with Gasteiger partial charge in [-0.25, -0.2) is 14.8 Å². The van der Waals surface area contributed by atoms with Gasteiger partial charge in [0.05, 0.1) is 13.1 Å². The lowest BCUT2D eigenvalue weighted by Crippen LogP contribution is -2.77. The van der Waals surface area contributed by atoms with Crippen LogP contribution in [0, 0.1) is 5.92 Å². The maximum atomic E-state index is 13.8. The second kappa shape index (κ2) is 10.8. The molecule has 1 aromatic rings. The van der Waals surface area contributed by atoms with Crippen LogP contribution in [0.15, 0.2) is 30.3 Å². The summed E-state index contributed by atoms with van der Waals surface area (Å²) < 4.78 is 0. The quantitative estimate of drug-likeness (QED) is 0.694. The zero-order valence-electron chi connectivity index (χ0n) is 20.8. The Morgan fingerprint density at radius 1 is 1.09 bits per heavy atom. The van der Waals surface area contributed by atoms with Gasteiger partial charge in [0.2, 0.25) is 11.8 Å².